The monoisotopic (exact) mass is 370 g/mol. The molecule has 3 rings (SSSR count). The Hall–Kier alpha value is -2.67. The number of nitrogens with zero attached hydrogens (tertiary/aromatic N) is 3. The highest BCUT2D eigenvalue weighted by atomic mass is 16.5. The van der Waals surface area contributed by atoms with Crippen LogP contribution in [-0.2, 0) is 16.1 Å². The Morgan fingerprint density at radius 2 is 2.00 bits per heavy atom. The molecule has 1 aliphatic heterocycles. The summed E-state index contributed by atoms with van der Waals surface area (Å²) in [4.78, 5) is 26.7. The van der Waals surface area contributed by atoms with Crippen molar-refractivity contribution in [1.29, 1.82) is 0 Å². The third kappa shape index (κ3) is 5.17. The van der Waals surface area contributed by atoms with Crippen molar-refractivity contribution in [3.05, 3.63) is 58.5 Å². The molecule has 144 valence electrons. The van der Waals surface area contributed by atoms with Crippen LogP contribution in [0.15, 0.2) is 47.4 Å². The number of piperidine rings is 1. The van der Waals surface area contributed by atoms with Crippen molar-refractivity contribution >= 4 is 11.6 Å². The lowest BCUT2D eigenvalue weighted by molar-refractivity contribution is -0.125. The molecule has 1 saturated heterocycles. The van der Waals surface area contributed by atoms with Gasteiger partial charge in [-0.05, 0) is 18.4 Å². The van der Waals surface area contributed by atoms with Crippen molar-refractivity contribution < 1.29 is 9.53 Å². The second kappa shape index (κ2) is 9.32. The number of nitrogens with one attached hydrogen (secondary N) is 1. The molecular formula is C20H26N4O3. The van der Waals surface area contributed by atoms with Gasteiger partial charge in [0.15, 0.2) is 0 Å². The molecule has 0 saturated carbocycles. The predicted molar refractivity (Wildman–Crippen MR) is 104 cm³/mol. The number of methoxy groups -OCH3 is 1. The van der Waals surface area contributed by atoms with E-state index in [0.717, 1.165) is 37.2 Å². The fourth-order valence-electron chi connectivity index (χ4n) is 3.29. The maximum Gasteiger partial charge on any atom is 0.269 e. The number of anilines is 1. The van der Waals surface area contributed by atoms with Crippen LogP contribution in [0.3, 0.4) is 0 Å². The fourth-order valence-corrected chi connectivity index (χ4v) is 3.29. The van der Waals surface area contributed by atoms with E-state index in [1.165, 1.54) is 4.68 Å². The van der Waals surface area contributed by atoms with Crippen LogP contribution in [0.1, 0.15) is 18.4 Å². The highest BCUT2D eigenvalue weighted by Gasteiger charge is 2.25. The normalized spacial score (nSPS) is 14.9. The first kappa shape index (κ1) is 19.1. The molecule has 1 aromatic heterocycles. The van der Waals surface area contributed by atoms with Gasteiger partial charge in [0, 0.05) is 38.7 Å². The van der Waals surface area contributed by atoms with Crippen molar-refractivity contribution in [1.82, 2.24) is 15.1 Å². The summed E-state index contributed by atoms with van der Waals surface area (Å²) in [6, 6.07) is 11.4. The smallest absolute Gasteiger partial charge is 0.269 e. The van der Waals surface area contributed by atoms with Crippen LogP contribution >= 0.6 is 0 Å². The molecule has 7 nitrogen and oxygen atoms in total. The number of aromatic nitrogens is 2. The lowest BCUT2D eigenvalue weighted by atomic mass is 9.95. The van der Waals surface area contributed by atoms with Crippen molar-refractivity contribution in [3.63, 3.8) is 0 Å². The summed E-state index contributed by atoms with van der Waals surface area (Å²) in [5, 5.41) is 7.22. The molecule has 0 unspecified atom stereocenters. The minimum absolute atomic E-state index is 0.0181. The maximum absolute atomic E-state index is 12.4. The molecule has 2 aromatic rings. The number of ether oxygens (including phenoxy) is 1. The zero-order valence-corrected chi connectivity index (χ0v) is 15.6. The summed E-state index contributed by atoms with van der Waals surface area (Å²) in [5.74, 6) is 0.104. The largest absolute Gasteiger partial charge is 0.383 e. The quantitative estimate of drug-likeness (QED) is 0.743. The van der Waals surface area contributed by atoms with Gasteiger partial charge in [-0.2, -0.15) is 5.10 Å². The topological polar surface area (TPSA) is 76.5 Å². The van der Waals surface area contributed by atoms with E-state index in [-0.39, 0.29) is 17.4 Å². The zero-order chi connectivity index (χ0) is 19.1. The van der Waals surface area contributed by atoms with E-state index >= 15 is 0 Å². The van der Waals surface area contributed by atoms with Crippen LogP contribution in [0.4, 0.5) is 5.69 Å². The van der Waals surface area contributed by atoms with Gasteiger partial charge in [-0.1, -0.05) is 30.3 Å². The molecule has 7 heteroatoms. The number of hydrogen-bond donors (Lipinski definition) is 1. The third-order valence-corrected chi connectivity index (χ3v) is 4.87. The van der Waals surface area contributed by atoms with E-state index in [4.69, 9.17) is 4.74 Å². The van der Waals surface area contributed by atoms with E-state index in [1.807, 2.05) is 30.3 Å². The van der Waals surface area contributed by atoms with Gasteiger partial charge in [-0.25, -0.2) is 4.68 Å². The maximum atomic E-state index is 12.4. The first-order valence-corrected chi connectivity index (χ1v) is 9.30. The molecule has 1 N–H and O–H groups in total. The zero-order valence-electron chi connectivity index (χ0n) is 15.6. The Labute approximate surface area is 158 Å². The van der Waals surface area contributed by atoms with Crippen molar-refractivity contribution in [3.8, 4) is 0 Å². The number of amides is 1. The summed E-state index contributed by atoms with van der Waals surface area (Å²) < 4.78 is 6.42. The summed E-state index contributed by atoms with van der Waals surface area (Å²) in [6.45, 7) is 3.01. The van der Waals surface area contributed by atoms with Gasteiger partial charge in [0.05, 0.1) is 25.0 Å². The lowest BCUT2D eigenvalue weighted by Crippen LogP contribution is -2.41. The van der Waals surface area contributed by atoms with E-state index < -0.39 is 0 Å². The van der Waals surface area contributed by atoms with Crippen molar-refractivity contribution in [2.45, 2.75) is 19.4 Å². The highest BCUT2D eigenvalue weighted by Crippen LogP contribution is 2.22. The Kier molecular flexibility index (Phi) is 6.59. The van der Waals surface area contributed by atoms with Gasteiger partial charge in [-0.15, -0.1) is 0 Å². The Bertz CT molecular complexity index is 798. The number of hydrogen-bond acceptors (Lipinski definition) is 5. The summed E-state index contributed by atoms with van der Waals surface area (Å²) in [7, 11) is 1.62. The number of benzene rings is 1. The lowest BCUT2D eigenvalue weighted by Gasteiger charge is -2.32. The van der Waals surface area contributed by atoms with Crippen molar-refractivity contribution in [2.75, 3.05) is 38.3 Å². The molecule has 0 bridgehead atoms. The van der Waals surface area contributed by atoms with E-state index in [2.05, 4.69) is 15.3 Å². The third-order valence-electron chi connectivity index (χ3n) is 4.87. The average Bonchev–Trinajstić information content (AvgIpc) is 2.70. The predicted octanol–water partition coefficient (Wildman–Crippen LogP) is 1.27. The molecule has 1 fully saturated rings. The second-order valence-electron chi connectivity index (χ2n) is 6.74. The number of rotatable bonds is 7. The highest BCUT2D eigenvalue weighted by molar-refractivity contribution is 5.79. The molecule has 2 heterocycles. The summed E-state index contributed by atoms with van der Waals surface area (Å²) >= 11 is 0. The van der Waals surface area contributed by atoms with Crippen molar-refractivity contribution in [2.24, 2.45) is 5.92 Å². The molecule has 0 radical (unpaired) electrons. The van der Waals surface area contributed by atoms with Gasteiger partial charge in [0.25, 0.3) is 5.56 Å². The first-order chi connectivity index (χ1) is 13.2. The summed E-state index contributed by atoms with van der Waals surface area (Å²) in [5.41, 5.74) is 1.75. The van der Waals surface area contributed by atoms with Gasteiger partial charge >= 0.3 is 0 Å². The molecular weight excluding hydrogens is 344 g/mol. The van der Waals surface area contributed by atoms with Crippen LogP contribution in [0.2, 0.25) is 0 Å². The number of carbonyl (C=O) groups is 1. The summed E-state index contributed by atoms with van der Waals surface area (Å²) in [6.07, 6.45) is 3.28. The minimum Gasteiger partial charge on any atom is -0.383 e. The van der Waals surface area contributed by atoms with Gasteiger partial charge in [-0.3, -0.25) is 9.59 Å². The molecule has 0 atom stereocenters. The second-order valence-corrected chi connectivity index (χ2v) is 6.74. The molecule has 0 aliphatic carbocycles. The minimum atomic E-state index is -0.115. The van der Waals surface area contributed by atoms with E-state index in [1.54, 1.807) is 19.4 Å². The molecule has 1 aromatic carbocycles. The van der Waals surface area contributed by atoms with Crippen LogP contribution < -0.4 is 15.8 Å². The SMILES string of the molecule is COCCNC(=O)C1CCN(c2cnn(Cc3ccccc3)c(=O)c2)CC1. The van der Waals surface area contributed by atoms with Crippen LogP contribution in [0, 0.1) is 5.92 Å². The van der Waals surface area contributed by atoms with E-state index in [9.17, 15) is 9.59 Å². The van der Waals surface area contributed by atoms with Crippen LogP contribution in [-0.4, -0.2) is 49.0 Å². The fraction of sp³-hybridized carbons (Fsp3) is 0.450. The van der Waals surface area contributed by atoms with Crippen LogP contribution in [0.5, 0.6) is 0 Å². The molecule has 1 amide bonds. The Morgan fingerprint density at radius 1 is 1.26 bits per heavy atom. The first-order valence-electron chi connectivity index (χ1n) is 9.30. The number of carbonyl (C=O) groups excluding carboxylic acids is 1. The standard InChI is InChI=1S/C20H26N4O3/c1-27-12-9-21-20(26)17-7-10-23(11-8-17)18-13-19(25)24(22-14-18)15-16-5-3-2-4-6-16/h2-6,13-14,17H,7-12,15H2,1H3,(H,21,26). The Balaban J connectivity index is 1.56. The average molecular weight is 370 g/mol. The van der Waals surface area contributed by atoms with Gasteiger partial charge in [0.1, 0.15) is 0 Å². The van der Waals surface area contributed by atoms with Gasteiger partial charge in [0.2, 0.25) is 5.91 Å². The van der Waals surface area contributed by atoms with Gasteiger partial charge < -0.3 is 15.0 Å². The molecule has 27 heavy (non-hydrogen) atoms. The molecule has 1 aliphatic rings. The van der Waals surface area contributed by atoms with Crippen LogP contribution in [0.25, 0.3) is 0 Å². The Morgan fingerprint density at radius 3 is 2.67 bits per heavy atom. The molecule has 0 spiro atoms. The van der Waals surface area contributed by atoms with E-state index in [0.29, 0.717) is 19.7 Å².